The summed E-state index contributed by atoms with van der Waals surface area (Å²) in [7, 11) is 0. The smallest absolute Gasteiger partial charge is 0.123 e. The molecular weight excluding hydrogens is 270 g/mol. The van der Waals surface area contributed by atoms with Crippen molar-refractivity contribution in [2.24, 2.45) is 5.73 Å². The van der Waals surface area contributed by atoms with Crippen LogP contribution in [0.4, 0.5) is 0 Å². The molecular formula is C17H20ClNO. The van der Waals surface area contributed by atoms with Crippen LogP contribution < -0.4 is 10.5 Å². The van der Waals surface area contributed by atoms with Crippen molar-refractivity contribution < 1.29 is 4.74 Å². The van der Waals surface area contributed by atoms with Gasteiger partial charge in [-0.2, -0.15) is 0 Å². The van der Waals surface area contributed by atoms with Gasteiger partial charge in [-0.3, -0.25) is 0 Å². The van der Waals surface area contributed by atoms with Crippen molar-refractivity contribution in [3.63, 3.8) is 0 Å². The third kappa shape index (κ3) is 3.99. The lowest BCUT2D eigenvalue weighted by Crippen LogP contribution is -2.18. The molecule has 0 aliphatic rings. The van der Waals surface area contributed by atoms with Crippen LogP contribution in [0.1, 0.15) is 23.6 Å². The molecule has 0 aliphatic heterocycles. The van der Waals surface area contributed by atoms with E-state index in [-0.39, 0.29) is 6.04 Å². The van der Waals surface area contributed by atoms with Crippen LogP contribution in [-0.4, -0.2) is 6.04 Å². The van der Waals surface area contributed by atoms with Crippen LogP contribution in [0.3, 0.4) is 0 Å². The normalized spacial score (nSPS) is 12.2. The maximum absolute atomic E-state index is 6.05. The van der Waals surface area contributed by atoms with Gasteiger partial charge in [0.1, 0.15) is 12.4 Å². The number of nitrogens with two attached hydrogens (primary N) is 1. The Bertz CT molecular complexity index is 581. The first kappa shape index (κ1) is 14.9. The highest BCUT2D eigenvalue weighted by Crippen LogP contribution is 2.25. The summed E-state index contributed by atoms with van der Waals surface area (Å²) in [5.74, 6) is 0.856. The van der Waals surface area contributed by atoms with E-state index >= 15 is 0 Å². The van der Waals surface area contributed by atoms with E-state index in [1.165, 1.54) is 11.1 Å². The number of hydrogen-bond donors (Lipinski definition) is 1. The number of aryl methyl sites for hydroxylation is 1. The fourth-order valence-corrected chi connectivity index (χ4v) is 2.32. The van der Waals surface area contributed by atoms with Crippen LogP contribution in [0.5, 0.6) is 5.75 Å². The largest absolute Gasteiger partial charge is 0.489 e. The summed E-state index contributed by atoms with van der Waals surface area (Å²) in [4.78, 5) is 0. The van der Waals surface area contributed by atoms with Gasteiger partial charge >= 0.3 is 0 Å². The Morgan fingerprint density at radius 3 is 2.60 bits per heavy atom. The van der Waals surface area contributed by atoms with E-state index in [9.17, 15) is 0 Å². The zero-order valence-electron chi connectivity index (χ0n) is 11.9. The molecule has 2 aromatic carbocycles. The van der Waals surface area contributed by atoms with Crippen molar-refractivity contribution in [3.8, 4) is 5.75 Å². The molecule has 2 nitrogen and oxygen atoms in total. The van der Waals surface area contributed by atoms with Gasteiger partial charge in [0.15, 0.2) is 0 Å². The molecule has 2 rings (SSSR count). The molecule has 0 fully saturated rings. The topological polar surface area (TPSA) is 35.2 Å². The number of ether oxygens (including phenoxy) is 1. The Balaban J connectivity index is 2.15. The highest BCUT2D eigenvalue weighted by molar-refractivity contribution is 6.30. The molecule has 2 N–H and O–H groups in total. The average molecular weight is 290 g/mol. The van der Waals surface area contributed by atoms with Gasteiger partial charge in [-0.05, 0) is 55.2 Å². The molecule has 0 amide bonds. The Kier molecular flexibility index (Phi) is 5.05. The first-order chi connectivity index (χ1) is 9.56. The first-order valence-corrected chi connectivity index (χ1v) is 7.15. The van der Waals surface area contributed by atoms with Gasteiger partial charge in [-0.25, -0.2) is 0 Å². The van der Waals surface area contributed by atoms with Crippen molar-refractivity contribution >= 4 is 11.6 Å². The minimum atomic E-state index is 0.0780. The molecule has 3 heteroatoms. The summed E-state index contributed by atoms with van der Waals surface area (Å²) in [5, 5.41) is 0.712. The summed E-state index contributed by atoms with van der Waals surface area (Å²) >= 11 is 6.05. The fourth-order valence-electron chi connectivity index (χ4n) is 2.12. The summed E-state index contributed by atoms with van der Waals surface area (Å²) in [6, 6.07) is 14.0. The minimum absolute atomic E-state index is 0.0780. The number of benzene rings is 2. The molecule has 0 bridgehead atoms. The highest BCUT2D eigenvalue weighted by atomic mass is 35.5. The van der Waals surface area contributed by atoms with E-state index in [1.54, 1.807) is 0 Å². The van der Waals surface area contributed by atoms with Crippen molar-refractivity contribution in [2.75, 3.05) is 0 Å². The molecule has 0 heterocycles. The van der Waals surface area contributed by atoms with Gasteiger partial charge in [0.05, 0.1) is 0 Å². The second-order valence-corrected chi connectivity index (χ2v) is 5.59. The van der Waals surface area contributed by atoms with E-state index in [0.29, 0.717) is 11.6 Å². The molecule has 0 aromatic heterocycles. The van der Waals surface area contributed by atoms with Crippen molar-refractivity contribution in [3.05, 3.63) is 64.2 Å². The minimum Gasteiger partial charge on any atom is -0.489 e. The third-order valence-electron chi connectivity index (χ3n) is 3.21. The molecule has 20 heavy (non-hydrogen) atoms. The van der Waals surface area contributed by atoms with E-state index in [2.05, 4.69) is 19.1 Å². The molecule has 0 spiro atoms. The second-order valence-electron chi connectivity index (χ2n) is 5.15. The standard InChI is InChI=1S/C17H20ClNO/c1-12-5-3-4-6-14(12)11-20-17-8-7-16(18)10-15(17)9-13(2)19/h3-8,10,13H,9,11,19H2,1-2H3. The molecule has 0 radical (unpaired) electrons. The van der Waals surface area contributed by atoms with Crippen molar-refractivity contribution in [1.29, 1.82) is 0 Å². The van der Waals surface area contributed by atoms with Gasteiger partial charge in [-0.15, -0.1) is 0 Å². The molecule has 1 unspecified atom stereocenters. The molecule has 0 saturated heterocycles. The van der Waals surface area contributed by atoms with Crippen molar-refractivity contribution in [2.45, 2.75) is 32.9 Å². The molecule has 0 aliphatic carbocycles. The SMILES string of the molecule is Cc1ccccc1COc1ccc(Cl)cc1CC(C)N. The maximum atomic E-state index is 6.05. The predicted octanol–water partition coefficient (Wildman–Crippen LogP) is 4.12. The van der Waals surface area contributed by atoms with Gasteiger partial charge in [0, 0.05) is 11.1 Å². The first-order valence-electron chi connectivity index (χ1n) is 6.77. The number of rotatable bonds is 5. The van der Waals surface area contributed by atoms with Gasteiger partial charge in [0.25, 0.3) is 0 Å². The Labute approximate surface area is 125 Å². The lowest BCUT2D eigenvalue weighted by atomic mass is 10.1. The Morgan fingerprint density at radius 2 is 1.90 bits per heavy atom. The van der Waals surface area contributed by atoms with Gasteiger partial charge < -0.3 is 10.5 Å². The lowest BCUT2D eigenvalue weighted by molar-refractivity contribution is 0.301. The Morgan fingerprint density at radius 1 is 1.15 bits per heavy atom. The van der Waals surface area contributed by atoms with Crippen LogP contribution in [0, 0.1) is 6.92 Å². The Hall–Kier alpha value is -1.51. The van der Waals surface area contributed by atoms with E-state index in [1.807, 2.05) is 37.3 Å². The summed E-state index contributed by atoms with van der Waals surface area (Å²) in [5.41, 5.74) is 9.35. The molecule has 106 valence electrons. The van der Waals surface area contributed by atoms with E-state index in [0.717, 1.165) is 17.7 Å². The van der Waals surface area contributed by atoms with Gasteiger partial charge in [0.2, 0.25) is 0 Å². The zero-order chi connectivity index (χ0) is 14.5. The summed E-state index contributed by atoms with van der Waals surface area (Å²) < 4.78 is 5.95. The predicted molar refractivity (Wildman–Crippen MR) is 84.3 cm³/mol. The molecule has 2 aromatic rings. The summed E-state index contributed by atoms with van der Waals surface area (Å²) in [6.07, 6.45) is 0.754. The lowest BCUT2D eigenvalue weighted by Gasteiger charge is -2.14. The van der Waals surface area contributed by atoms with Crippen LogP contribution in [0.15, 0.2) is 42.5 Å². The molecule has 1 atom stereocenters. The average Bonchev–Trinajstić information content (AvgIpc) is 2.39. The number of halogens is 1. The maximum Gasteiger partial charge on any atom is 0.123 e. The van der Waals surface area contributed by atoms with E-state index in [4.69, 9.17) is 22.1 Å². The summed E-state index contributed by atoms with van der Waals surface area (Å²) in [6.45, 7) is 4.62. The van der Waals surface area contributed by atoms with Crippen LogP contribution in [0.2, 0.25) is 5.02 Å². The number of hydrogen-bond acceptors (Lipinski definition) is 2. The second kappa shape index (κ2) is 6.78. The third-order valence-corrected chi connectivity index (χ3v) is 3.44. The van der Waals surface area contributed by atoms with Crippen LogP contribution >= 0.6 is 11.6 Å². The highest BCUT2D eigenvalue weighted by Gasteiger charge is 2.08. The van der Waals surface area contributed by atoms with Crippen LogP contribution in [0.25, 0.3) is 0 Å². The van der Waals surface area contributed by atoms with Crippen molar-refractivity contribution in [1.82, 2.24) is 0 Å². The van der Waals surface area contributed by atoms with E-state index < -0.39 is 0 Å². The fraction of sp³-hybridized carbons (Fsp3) is 0.294. The van der Waals surface area contributed by atoms with Gasteiger partial charge in [-0.1, -0.05) is 35.9 Å². The zero-order valence-corrected chi connectivity index (χ0v) is 12.7. The molecule has 0 saturated carbocycles. The quantitative estimate of drug-likeness (QED) is 0.899. The van der Waals surface area contributed by atoms with Crippen LogP contribution in [-0.2, 0) is 13.0 Å². The monoisotopic (exact) mass is 289 g/mol.